The Kier molecular flexibility index (Phi) is 4.10. The van der Waals surface area contributed by atoms with Crippen LogP contribution in [-0.4, -0.2) is 5.91 Å². The normalized spacial score (nSPS) is 12.3. The van der Waals surface area contributed by atoms with Gasteiger partial charge < -0.3 is 5.73 Å². The van der Waals surface area contributed by atoms with Crippen molar-refractivity contribution in [2.75, 3.05) is 0 Å². The van der Waals surface area contributed by atoms with Gasteiger partial charge in [-0.05, 0) is 41.5 Å². The summed E-state index contributed by atoms with van der Waals surface area (Å²) < 4.78 is 76.9. The van der Waals surface area contributed by atoms with Crippen LogP contribution in [0.2, 0.25) is 0 Å². The first-order valence-corrected chi connectivity index (χ1v) is 6.18. The van der Waals surface area contributed by atoms with E-state index in [0.29, 0.717) is 12.1 Å². The highest BCUT2D eigenvalue weighted by atomic mass is 19.4. The van der Waals surface area contributed by atoms with Gasteiger partial charge in [-0.25, -0.2) is 0 Å². The summed E-state index contributed by atoms with van der Waals surface area (Å²) in [5, 5.41) is 0. The number of nitrogens with two attached hydrogens (primary N) is 1. The molecule has 0 aliphatic rings. The van der Waals surface area contributed by atoms with Gasteiger partial charge in [0.1, 0.15) is 0 Å². The van der Waals surface area contributed by atoms with Crippen molar-refractivity contribution < 1.29 is 31.1 Å². The molecule has 0 bridgehead atoms. The highest BCUT2D eigenvalue weighted by Crippen LogP contribution is 2.38. The van der Waals surface area contributed by atoms with Gasteiger partial charge in [0.15, 0.2) is 0 Å². The summed E-state index contributed by atoms with van der Waals surface area (Å²) in [6.45, 7) is 0. The minimum absolute atomic E-state index is 0.0199. The molecule has 0 aliphatic heterocycles. The molecule has 0 unspecified atom stereocenters. The third-order valence-electron chi connectivity index (χ3n) is 3.07. The maximum atomic E-state index is 12.8. The Balaban J connectivity index is 2.67. The largest absolute Gasteiger partial charge is 0.416 e. The van der Waals surface area contributed by atoms with Crippen molar-refractivity contribution in [3.8, 4) is 11.1 Å². The van der Waals surface area contributed by atoms with Gasteiger partial charge in [0, 0.05) is 5.56 Å². The number of halogens is 6. The number of rotatable bonds is 2. The molecule has 2 aromatic rings. The van der Waals surface area contributed by atoms with Crippen LogP contribution in [-0.2, 0) is 12.4 Å². The maximum absolute atomic E-state index is 12.8. The second kappa shape index (κ2) is 5.60. The SMILES string of the molecule is NC(=O)c1cccc(-c2cc(C(F)(F)F)cc(C(F)(F)F)c2)c1. The standard InChI is InChI=1S/C15H9F6NO/c16-14(17,18)11-5-10(6-12(7-11)15(19,20)21)8-2-1-3-9(4-8)13(22)23/h1-7H,(H2,22,23). The number of carbonyl (C=O) groups is 1. The van der Waals surface area contributed by atoms with Gasteiger partial charge in [0.2, 0.25) is 5.91 Å². The highest BCUT2D eigenvalue weighted by Gasteiger charge is 2.37. The van der Waals surface area contributed by atoms with E-state index in [2.05, 4.69) is 0 Å². The highest BCUT2D eigenvalue weighted by molar-refractivity contribution is 5.94. The second-order valence-electron chi connectivity index (χ2n) is 4.74. The topological polar surface area (TPSA) is 43.1 Å². The summed E-state index contributed by atoms with van der Waals surface area (Å²) in [5.41, 5.74) is 1.91. The molecule has 0 atom stereocenters. The summed E-state index contributed by atoms with van der Waals surface area (Å²) in [6.07, 6.45) is -9.87. The third-order valence-corrected chi connectivity index (χ3v) is 3.07. The molecule has 0 saturated carbocycles. The zero-order valence-electron chi connectivity index (χ0n) is 11.3. The minimum atomic E-state index is -4.93. The van der Waals surface area contributed by atoms with Crippen LogP contribution >= 0.6 is 0 Å². The first-order valence-electron chi connectivity index (χ1n) is 6.18. The van der Waals surface area contributed by atoms with Crippen LogP contribution in [0.1, 0.15) is 21.5 Å². The predicted octanol–water partition coefficient (Wildman–Crippen LogP) is 4.49. The zero-order chi connectivity index (χ0) is 17.4. The summed E-state index contributed by atoms with van der Waals surface area (Å²) in [5.74, 6) is -0.838. The fraction of sp³-hybridized carbons (Fsp3) is 0.133. The lowest BCUT2D eigenvalue weighted by Crippen LogP contribution is -2.12. The lowest BCUT2D eigenvalue weighted by molar-refractivity contribution is -0.143. The van der Waals surface area contributed by atoms with Gasteiger partial charge in [-0.3, -0.25) is 4.79 Å². The first-order chi connectivity index (χ1) is 10.5. The van der Waals surface area contributed by atoms with E-state index < -0.39 is 29.4 Å². The maximum Gasteiger partial charge on any atom is 0.416 e. The van der Waals surface area contributed by atoms with Crippen molar-refractivity contribution in [1.29, 1.82) is 0 Å². The van der Waals surface area contributed by atoms with Gasteiger partial charge in [0.05, 0.1) is 11.1 Å². The first kappa shape index (κ1) is 16.9. The van der Waals surface area contributed by atoms with E-state index in [1.807, 2.05) is 0 Å². The molecule has 23 heavy (non-hydrogen) atoms. The number of benzene rings is 2. The van der Waals surface area contributed by atoms with Gasteiger partial charge in [-0.15, -0.1) is 0 Å². The molecular formula is C15H9F6NO. The summed E-state index contributed by atoms with van der Waals surface area (Å²) in [7, 11) is 0. The molecule has 2 nitrogen and oxygen atoms in total. The van der Waals surface area contributed by atoms with Crippen molar-refractivity contribution in [1.82, 2.24) is 0 Å². The number of hydrogen-bond acceptors (Lipinski definition) is 1. The van der Waals surface area contributed by atoms with E-state index in [0.717, 1.165) is 6.07 Å². The smallest absolute Gasteiger partial charge is 0.366 e. The fourth-order valence-electron chi connectivity index (χ4n) is 1.97. The van der Waals surface area contributed by atoms with Crippen LogP contribution in [0.15, 0.2) is 42.5 Å². The molecule has 0 fully saturated rings. The van der Waals surface area contributed by atoms with Gasteiger partial charge in [-0.2, -0.15) is 26.3 Å². The Labute approximate surface area is 126 Å². The monoisotopic (exact) mass is 333 g/mol. The van der Waals surface area contributed by atoms with E-state index in [4.69, 9.17) is 5.73 Å². The number of primary amides is 1. The van der Waals surface area contributed by atoms with Crippen molar-refractivity contribution >= 4 is 5.91 Å². The second-order valence-corrected chi connectivity index (χ2v) is 4.74. The van der Waals surface area contributed by atoms with Gasteiger partial charge in [-0.1, -0.05) is 12.1 Å². The van der Waals surface area contributed by atoms with E-state index in [-0.39, 0.29) is 22.8 Å². The predicted molar refractivity (Wildman–Crippen MR) is 70.4 cm³/mol. The number of hydrogen-bond donors (Lipinski definition) is 1. The zero-order valence-corrected chi connectivity index (χ0v) is 11.3. The Morgan fingerprint density at radius 3 is 1.74 bits per heavy atom. The molecule has 0 saturated heterocycles. The van der Waals surface area contributed by atoms with E-state index >= 15 is 0 Å². The molecule has 2 aromatic carbocycles. The molecule has 8 heteroatoms. The molecule has 0 spiro atoms. The average molecular weight is 333 g/mol. The minimum Gasteiger partial charge on any atom is -0.366 e. The lowest BCUT2D eigenvalue weighted by atomic mass is 9.97. The van der Waals surface area contributed by atoms with Crippen molar-refractivity contribution in [3.05, 3.63) is 59.2 Å². The lowest BCUT2D eigenvalue weighted by Gasteiger charge is -2.14. The molecule has 2 rings (SSSR count). The van der Waals surface area contributed by atoms with E-state index in [1.54, 1.807) is 0 Å². The van der Waals surface area contributed by atoms with E-state index in [1.165, 1.54) is 18.2 Å². The van der Waals surface area contributed by atoms with Crippen LogP contribution in [0.25, 0.3) is 11.1 Å². The van der Waals surface area contributed by atoms with Crippen LogP contribution < -0.4 is 5.73 Å². The summed E-state index contributed by atoms with van der Waals surface area (Å²) in [4.78, 5) is 11.1. The molecule has 0 aliphatic carbocycles. The number of amides is 1. The van der Waals surface area contributed by atoms with Crippen LogP contribution in [0.3, 0.4) is 0 Å². The van der Waals surface area contributed by atoms with Crippen molar-refractivity contribution in [3.63, 3.8) is 0 Å². The Hall–Kier alpha value is -2.51. The molecule has 1 amide bonds. The number of alkyl halides is 6. The molecule has 0 aromatic heterocycles. The van der Waals surface area contributed by atoms with Crippen molar-refractivity contribution in [2.24, 2.45) is 5.73 Å². The Morgan fingerprint density at radius 2 is 1.30 bits per heavy atom. The average Bonchev–Trinajstić information content (AvgIpc) is 2.45. The Morgan fingerprint density at radius 1 is 0.783 bits per heavy atom. The Bertz CT molecular complexity index is 716. The fourth-order valence-corrected chi connectivity index (χ4v) is 1.97. The van der Waals surface area contributed by atoms with Gasteiger partial charge in [0.25, 0.3) is 0 Å². The summed E-state index contributed by atoms with van der Waals surface area (Å²) in [6, 6.07) is 6.29. The molecular weight excluding hydrogens is 324 g/mol. The molecule has 122 valence electrons. The van der Waals surface area contributed by atoms with Crippen LogP contribution in [0, 0.1) is 0 Å². The van der Waals surface area contributed by atoms with E-state index in [9.17, 15) is 31.1 Å². The number of carbonyl (C=O) groups excluding carboxylic acids is 1. The molecule has 0 radical (unpaired) electrons. The quantitative estimate of drug-likeness (QED) is 0.809. The third kappa shape index (κ3) is 3.82. The van der Waals surface area contributed by atoms with Crippen LogP contribution in [0.5, 0.6) is 0 Å². The van der Waals surface area contributed by atoms with Crippen molar-refractivity contribution in [2.45, 2.75) is 12.4 Å². The van der Waals surface area contributed by atoms with Gasteiger partial charge >= 0.3 is 12.4 Å². The molecule has 0 heterocycles. The van der Waals surface area contributed by atoms with Crippen LogP contribution in [0.4, 0.5) is 26.3 Å². The molecule has 2 N–H and O–H groups in total. The summed E-state index contributed by atoms with van der Waals surface area (Å²) >= 11 is 0.